The predicted octanol–water partition coefficient (Wildman–Crippen LogP) is 3.29. The van der Waals surface area contributed by atoms with Crippen LogP contribution >= 0.6 is 24.0 Å². The number of hydrogen-bond acceptors (Lipinski definition) is 5. The second kappa shape index (κ2) is 14.8. The number of anilines is 1. The fourth-order valence-corrected chi connectivity index (χ4v) is 2.44. The second-order valence-corrected chi connectivity index (χ2v) is 5.91. The van der Waals surface area contributed by atoms with Gasteiger partial charge < -0.3 is 29.6 Å². The molecular weight excluding hydrogens is 461 g/mol. The zero-order valence-electron chi connectivity index (χ0n) is 16.3. The van der Waals surface area contributed by atoms with Crippen LogP contribution in [0.4, 0.5) is 5.69 Å². The summed E-state index contributed by atoms with van der Waals surface area (Å²) in [6.45, 7) is 7.00. The van der Waals surface area contributed by atoms with E-state index >= 15 is 0 Å². The fourth-order valence-electron chi connectivity index (χ4n) is 2.44. The molecular formula is C19H32IN3O4. The number of methoxy groups -OCH3 is 1. The van der Waals surface area contributed by atoms with Crippen LogP contribution in [0, 0.1) is 0 Å². The maximum atomic E-state index is 5.74. The van der Waals surface area contributed by atoms with Gasteiger partial charge in [-0.05, 0) is 31.9 Å². The summed E-state index contributed by atoms with van der Waals surface area (Å²) < 4.78 is 21.8. The van der Waals surface area contributed by atoms with Crippen molar-refractivity contribution in [1.29, 1.82) is 0 Å². The molecule has 1 heterocycles. The summed E-state index contributed by atoms with van der Waals surface area (Å²) in [6.07, 6.45) is 2.86. The molecule has 0 aliphatic carbocycles. The number of halogens is 1. The molecule has 0 aromatic heterocycles. The Balaban J connectivity index is 0.00000364. The Morgan fingerprint density at radius 2 is 1.93 bits per heavy atom. The summed E-state index contributed by atoms with van der Waals surface area (Å²) in [7, 11) is 1.68. The molecule has 8 heteroatoms. The number of fused-ring (bicyclic) bond motifs is 1. The van der Waals surface area contributed by atoms with Crippen LogP contribution in [0.25, 0.3) is 0 Å². The van der Waals surface area contributed by atoms with Crippen molar-refractivity contribution in [1.82, 2.24) is 5.32 Å². The first-order chi connectivity index (χ1) is 12.8. The molecule has 27 heavy (non-hydrogen) atoms. The molecule has 0 bridgehead atoms. The number of rotatable bonds is 10. The molecule has 2 rings (SSSR count). The largest absolute Gasteiger partial charge is 0.490 e. The SMILES string of the molecule is CCNC(=NCCCCOCCOC)Nc1ccc2c(c1)OCCCO2.I. The first-order valence-corrected chi connectivity index (χ1v) is 9.35. The Hall–Kier alpha value is -1.26. The maximum absolute atomic E-state index is 5.74. The zero-order valence-corrected chi connectivity index (χ0v) is 18.6. The highest BCUT2D eigenvalue weighted by molar-refractivity contribution is 14.0. The summed E-state index contributed by atoms with van der Waals surface area (Å²) in [6, 6.07) is 5.87. The highest BCUT2D eigenvalue weighted by Crippen LogP contribution is 2.32. The van der Waals surface area contributed by atoms with Crippen LogP contribution in [0.15, 0.2) is 23.2 Å². The minimum absolute atomic E-state index is 0. The number of benzene rings is 1. The van der Waals surface area contributed by atoms with E-state index in [1.807, 2.05) is 18.2 Å². The topological polar surface area (TPSA) is 73.3 Å². The Labute approximate surface area is 179 Å². The summed E-state index contributed by atoms with van der Waals surface area (Å²) >= 11 is 0. The number of hydrogen-bond donors (Lipinski definition) is 2. The molecule has 0 unspecified atom stereocenters. The summed E-state index contributed by atoms with van der Waals surface area (Å²) in [4.78, 5) is 4.62. The number of aliphatic imine (C=N–C) groups is 1. The average Bonchev–Trinajstić information content (AvgIpc) is 2.89. The third-order valence-electron chi connectivity index (χ3n) is 3.75. The molecule has 1 aliphatic rings. The van der Waals surface area contributed by atoms with Crippen molar-refractivity contribution in [2.45, 2.75) is 26.2 Å². The van der Waals surface area contributed by atoms with E-state index in [-0.39, 0.29) is 24.0 Å². The normalized spacial score (nSPS) is 13.5. The molecule has 0 fully saturated rings. The van der Waals surface area contributed by atoms with E-state index in [0.717, 1.165) is 62.1 Å². The van der Waals surface area contributed by atoms with Crippen molar-refractivity contribution in [3.8, 4) is 11.5 Å². The minimum atomic E-state index is 0. The van der Waals surface area contributed by atoms with E-state index in [4.69, 9.17) is 18.9 Å². The fraction of sp³-hybridized carbons (Fsp3) is 0.632. The Morgan fingerprint density at radius 1 is 1.11 bits per heavy atom. The number of unbranched alkanes of at least 4 members (excludes halogenated alkanes) is 1. The molecule has 0 saturated heterocycles. The van der Waals surface area contributed by atoms with Gasteiger partial charge in [0.25, 0.3) is 0 Å². The van der Waals surface area contributed by atoms with E-state index in [1.54, 1.807) is 7.11 Å². The molecule has 0 amide bonds. The molecule has 154 valence electrons. The van der Waals surface area contributed by atoms with Crippen LogP contribution < -0.4 is 20.1 Å². The molecule has 1 aromatic carbocycles. The molecule has 0 atom stereocenters. The van der Waals surface area contributed by atoms with E-state index in [9.17, 15) is 0 Å². The highest BCUT2D eigenvalue weighted by atomic mass is 127. The van der Waals surface area contributed by atoms with Crippen LogP contribution in [0.1, 0.15) is 26.2 Å². The Bertz CT molecular complexity index is 558. The summed E-state index contributed by atoms with van der Waals surface area (Å²) in [5, 5.41) is 6.59. The molecule has 2 N–H and O–H groups in total. The molecule has 0 radical (unpaired) electrons. The van der Waals surface area contributed by atoms with E-state index in [2.05, 4.69) is 22.5 Å². The molecule has 0 saturated carbocycles. The van der Waals surface area contributed by atoms with Crippen molar-refractivity contribution in [3.63, 3.8) is 0 Å². The smallest absolute Gasteiger partial charge is 0.195 e. The predicted molar refractivity (Wildman–Crippen MR) is 119 cm³/mol. The van der Waals surface area contributed by atoms with Crippen molar-refractivity contribution in [3.05, 3.63) is 18.2 Å². The van der Waals surface area contributed by atoms with Crippen LogP contribution in [0.2, 0.25) is 0 Å². The average molecular weight is 493 g/mol. The van der Waals surface area contributed by atoms with Crippen LogP contribution in [-0.4, -0.2) is 59.2 Å². The lowest BCUT2D eigenvalue weighted by Gasteiger charge is -2.13. The summed E-state index contributed by atoms with van der Waals surface area (Å²) in [5.41, 5.74) is 0.928. The van der Waals surface area contributed by atoms with Crippen molar-refractivity contribution >= 4 is 35.6 Å². The number of nitrogens with zero attached hydrogens (tertiary/aromatic N) is 1. The molecule has 1 aliphatic heterocycles. The highest BCUT2D eigenvalue weighted by Gasteiger charge is 2.11. The van der Waals surface area contributed by atoms with Gasteiger partial charge in [-0.2, -0.15) is 0 Å². The lowest BCUT2D eigenvalue weighted by Crippen LogP contribution is -2.30. The maximum Gasteiger partial charge on any atom is 0.195 e. The van der Waals surface area contributed by atoms with Crippen LogP contribution in [0.3, 0.4) is 0 Å². The number of nitrogens with one attached hydrogen (secondary N) is 2. The quantitative estimate of drug-likeness (QED) is 0.226. The van der Waals surface area contributed by atoms with Gasteiger partial charge >= 0.3 is 0 Å². The zero-order chi connectivity index (χ0) is 18.5. The van der Waals surface area contributed by atoms with Gasteiger partial charge in [0.15, 0.2) is 17.5 Å². The standard InChI is InChI=1S/C19H31N3O4.HI/c1-3-20-19(21-9-4-5-10-24-14-13-23-2)22-16-7-8-17-18(15-16)26-12-6-11-25-17;/h7-8,15H,3-6,9-14H2,1-2H3,(H2,20,21,22);1H. The molecule has 7 nitrogen and oxygen atoms in total. The molecule has 0 spiro atoms. The lowest BCUT2D eigenvalue weighted by molar-refractivity contribution is 0.0690. The number of ether oxygens (including phenoxy) is 4. The number of guanidine groups is 1. The van der Waals surface area contributed by atoms with Gasteiger partial charge in [0.2, 0.25) is 0 Å². The van der Waals surface area contributed by atoms with Crippen molar-refractivity contribution in [2.75, 3.05) is 58.6 Å². The van der Waals surface area contributed by atoms with Gasteiger partial charge in [0.05, 0.1) is 26.4 Å². The van der Waals surface area contributed by atoms with Crippen molar-refractivity contribution < 1.29 is 18.9 Å². The summed E-state index contributed by atoms with van der Waals surface area (Å²) in [5.74, 6) is 2.34. The Kier molecular flexibility index (Phi) is 13.0. The van der Waals surface area contributed by atoms with E-state index < -0.39 is 0 Å². The van der Waals surface area contributed by atoms with Gasteiger partial charge in [-0.3, -0.25) is 4.99 Å². The van der Waals surface area contributed by atoms with Crippen molar-refractivity contribution in [2.24, 2.45) is 4.99 Å². The van der Waals surface area contributed by atoms with Gasteiger partial charge in [-0.25, -0.2) is 0 Å². The third-order valence-corrected chi connectivity index (χ3v) is 3.75. The van der Waals surface area contributed by atoms with Gasteiger partial charge in [-0.1, -0.05) is 0 Å². The van der Waals surface area contributed by atoms with Crippen LogP contribution in [-0.2, 0) is 9.47 Å². The van der Waals surface area contributed by atoms with E-state index in [1.165, 1.54) is 0 Å². The lowest BCUT2D eigenvalue weighted by atomic mass is 10.2. The Morgan fingerprint density at radius 3 is 2.70 bits per heavy atom. The first kappa shape index (κ1) is 23.8. The van der Waals surface area contributed by atoms with Gasteiger partial charge in [0, 0.05) is 45.0 Å². The van der Waals surface area contributed by atoms with Crippen LogP contribution in [0.5, 0.6) is 11.5 Å². The third kappa shape index (κ3) is 9.48. The minimum Gasteiger partial charge on any atom is -0.490 e. The van der Waals surface area contributed by atoms with E-state index in [0.29, 0.717) is 26.4 Å². The second-order valence-electron chi connectivity index (χ2n) is 5.91. The monoisotopic (exact) mass is 493 g/mol. The van der Waals surface area contributed by atoms with Gasteiger partial charge in [-0.15, -0.1) is 24.0 Å². The first-order valence-electron chi connectivity index (χ1n) is 9.35. The van der Waals surface area contributed by atoms with Gasteiger partial charge in [0.1, 0.15) is 0 Å². The molecule has 1 aromatic rings.